The first kappa shape index (κ1) is 15.6. The molecule has 0 saturated heterocycles. The minimum absolute atomic E-state index is 0.0103. The highest BCUT2D eigenvalue weighted by atomic mass is 35.5. The average Bonchev–Trinajstić information content (AvgIpc) is 2.37. The lowest BCUT2D eigenvalue weighted by Gasteiger charge is -2.52. The number of ether oxygens (including phenoxy) is 1. The fraction of sp³-hybridized carbons (Fsp3) is 0.625. The number of halogens is 2. The highest BCUT2D eigenvalue weighted by Crippen LogP contribution is 2.45. The first-order valence-corrected chi connectivity index (χ1v) is 7.52. The van der Waals surface area contributed by atoms with Gasteiger partial charge in [-0.15, -0.1) is 0 Å². The number of hydrogen-bond acceptors (Lipinski definition) is 2. The molecular weight excluding hydrogens is 277 g/mol. The largest absolute Gasteiger partial charge is 0.379 e. The fourth-order valence-corrected chi connectivity index (χ4v) is 2.70. The highest BCUT2D eigenvalue weighted by molar-refractivity contribution is 6.31. The molecule has 1 aliphatic rings. The van der Waals surface area contributed by atoms with E-state index in [0.29, 0.717) is 11.6 Å². The van der Waals surface area contributed by atoms with Crippen LogP contribution in [0.3, 0.4) is 0 Å². The van der Waals surface area contributed by atoms with Crippen molar-refractivity contribution in [1.29, 1.82) is 0 Å². The first-order chi connectivity index (χ1) is 9.32. The van der Waals surface area contributed by atoms with Gasteiger partial charge in [0.2, 0.25) is 0 Å². The molecule has 0 aromatic heterocycles. The summed E-state index contributed by atoms with van der Waals surface area (Å²) >= 11 is 5.80. The van der Waals surface area contributed by atoms with Crippen LogP contribution in [0.15, 0.2) is 18.2 Å². The zero-order valence-electron chi connectivity index (χ0n) is 12.5. The maximum atomic E-state index is 13.9. The number of rotatable bonds is 5. The van der Waals surface area contributed by atoms with E-state index in [1.807, 2.05) is 0 Å². The van der Waals surface area contributed by atoms with Gasteiger partial charge in [0.1, 0.15) is 0 Å². The van der Waals surface area contributed by atoms with E-state index in [4.69, 9.17) is 16.3 Å². The van der Waals surface area contributed by atoms with E-state index in [9.17, 15) is 4.39 Å². The zero-order valence-corrected chi connectivity index (χ0v) is 13.3. The van der Waals surface area contributed by atoms with Crippen LogP contribution in [0.1, 0.15) is 34.1 Å². The van der Waals surface area contributed by atoms with Gasteiger partial charge in [-0.1, -0.05) is 45.4 Å². The minimum atomic E-state index is -0.378. The molecule has 2 rings (SSSR count). The molecule has 0 spiro atoms. The summed E-state index contributed by atoms with van der Waals surface area (Å²) < 4.78 is 19.8. The summed E-state index contributed by atoms with van der Waals surface area (Å²) in [4.78, 5) is 0. The molecular formula is C16H23ClFNO. The maximum Gasteiger partial charge on any atom is 0.164 e. The van der Waals surface area contributed by atoms with Crippen molar-refractivity contribution in [2.75, 3.05) is 11.9 Å². The van der Waals surface area contributed by atoms with Crippen LogP contribution in [-0.4, -0.2) is 18.8 Å². The van der Waals surface area contributed by atoms with E-state index in [1.54, 1.807) is 18.2 Å². The molecule has 2 nitrogen and oxygen atoms in total. The average molecular weight is 300 g/mol. The second kappa shape index (κ2) is 5.90. The van der Waals surface area contributed by atoms with Crippen molar-refractivity contribution in [3.05, 3.63) is 29.0 Å². The Morgan fingerprint density at radius 2 is 2.15 bits per heavy atom. The van der Waals surface area contributed by atoms with Crippen molar-refractivity contribution in [2.24, 2.45) is 11.3 Å². The molecule has 112 valence electrons. The molecule has 4 heteroatoms. The van der Waals surface area contributed by atoms with Gasteiger partial charge < -0.3 is 10.1 Å². The summed E-state index contributed by atoms with van der Waals surface area (Å²) in [6, 6.07) is 5.24. The molecule has 2 atom stereocenters. The first-order valence-electron chi connectivity index (χ1n) is 7.14. The summed E-state index contributed by atoms with van der Waals surface area (Å²) in [5.41, 5.74) is 0.460. The van der Waals surface area contributed by atoms with E-state index in [2.05, 4.69) is 33.0 Å². The van der Waals surface area contributed by atoms with Crippen LogP contribution in [0.2, 0.25) is 5.02 Å². The number of nitrogens with one attached hydrogen (secondary N) is 1. The maximum absolute atomic E-state index is 13.9. The normalized spacial score (nSPS) is 24.6. The third-order valence-corrected chi connectivity index (χ3v) is 4.38. The fourth-order valence-electron chi connectivity index (χ4n) is 2.52. The van der Waals surface area contributed by atoms with Gasteiger partial charge in [-0.2, -0.15) is 0 Å². The molecule has 1 fully saturated rings. The molecule has 2 unspecified atom stereocenters. The SMILES string of the molecule is CC(C)COC1CC(Nc2cccc(Cl)c2F)C1(C)C. The molecule has 1 N–H and O–H groups in total. The second-order valence-corrected chi connectivity index (χ2v) is 6.98. The summed E-state index contributed by atoms with van der Waals surface area (Å²) in [6.45, 7) is 9.36. The Hall–Kier alpha value is -0.800. The minimum Gasteiger partial charge on any atom is -0.379 e. The lowest BCUT2D eigenvalue weighted by molar-refractivity contribution is -0.108. The van der Waals surface area contributed by atoms with E-state index in [0.717, 1.165) is 13.0 Å². The Morgan fingerprint density at radius 1 is 1.45 bits per heavy atom. The van der Waals surface area contributed by atoms with Gasteiger partial charge in [0.15, 0.2) is 5.82 Å². The Labute approximate surface area is 125 Å². The van der Waals surface area contributed by atoms with Crippen LogP contribution in [0.4, 0.5) is 10.1 Å². The van der Waals surface area contributed by atoms with Crippen LogP contribution >= 0.6 is 11.6 Å². The van der Waals surface area contributed by atoms with Crippen molar-refractivity contribution in [2.45, 2.75) is 46.3 Å². The number of anilines is 1. The van der Waals surface area contributed by atoms with Gasteiger partial charge in [0.05, 0.1) is 16.8 Å². The number of hydrogen-bond donors (Lipinski definition) is 1. The monoisotopic (exact) mass is 299 g/mol. The van der Waals surface area contributed by atoms with E-state index in [-0.39, 0.29) is 28.4 Å². The summed E-state index contributed by atoms with van der Waals surface area (Å²) in [7, 11) is 0. The summed E-state index contributed by atoms with van der Waals surface area (Å²) in [6.07, 6.45) is 1.12. The lowest BCUT2D eigenvalue weighted by Crippen LogP contribution is -2.58. The smallest absolute Gasteiger partial charge is 0.164 e. The molecule has 1 aromatic rings. The van der Waals surface area contributed by atoms with Crippen molar-refractivity contribution < 1.29 is 9.13 Å². The Morgan fingerprint density at radius 3 is 2.75 bits per heavy atom. The van der Waals surface area contributed by atoms with Crippen molar-refractivity contribution in [1.82, 2.24) is 0 Å². The molecule has 0 amide bonds. The molecule has 0 aliphatic heterocycles. The van der Waals surface area contributed by atoms with Crippen molar-refractivity contribution in [3.63, 3.8) is 0 Å². The molecule has 1 saturated carbocycles. The number of benzene rings is 1. The highest BCUT2D eigenvalue weighted by Gasteiger charge is 2.49. The standard InChI is InChI=1S/C16H23ClFNO/c1-10(2)9-20-14-8-13(16(14,3)4)19-12-7-5-6-11(17)15(12)18/h5-7,10,13-14,19H,8-9H2,1-4H3. The summed E-state index contributed by atoms with van der Waals surface area (Å²) in [5.74, 6) is 0.152. The molecule has 1 aromatic carbocycles. The predicted octanol–water partition coefficient (Wildman–Crippen LogP) is 4.73. The molecule has 0 radical (unpaired) electrons. The molecule has 1 aliphatic carbocycles. The second-order valence-electron chi connectivity index (χ2n) is 6.57. The topological polar surface area (TPSA) is 21.3 Å². The van der Waals surface area contributed by atoms with Crippen LogP contribution < -0.4 is 5.32 Å². The molecule has 0 heterocycles. The van der Waals surface area contributed by atoms with Crippen LogP contribution in [0, 0.1) is 17.2 Å². The third kappa shape index (κ3) is 3.09. The molecule has 0 bridgehead atoms. The van der Waals surface area contributed by atoms with Gasteiger partial charge in [-0.05, 0) is 24.5 Å². The van der Waals surface area contributed by atoms with E-state index < -0.39 is 0 Å². The summed E-state index contributed by atoms with van der Waals surface area (Å²) in [5, 5.41) is 3.41. The Balaban J connectivity index is 1.97. The van der Waals surface area contributed by atoms with E-state index >= 15 is 0 Å². The quantitative estimate of drug-likeness (QED) is 0.848. The predicted molar refractivity (Wildman–Crippen MR) is 81.8 cm³/mol. The van der Waals surface area contributed by atoms with E-state index in [1.165, 1.54) is 0 Å². The zero-order chi connectivity index (χ0) is 14.9. The van der Waals surface area contributed by atoms with Crippen LogP contribution in [0.25, 0.3) is 0 Å². The molecule has 20 heavy (non-hydrogen) atoms. The lowest BCUT2D eigenvalue weighted by atomic mass is 9.64. The van der Waals surface area contributed by atoms with Gasteiger partial charge in [0.25, 0.3) is 0 Å². The van der Waals surface area contributed by atoms with Crippen molar-refractivity contribution >= 4 is 17.3 Å². The van der Waals surface area contributed by atoms with Gasteiger partial charge in [-0.25, -0.2) is 4.39 Å². The van der Waals surface area contributed by atoms with Gasteiger partial charge in [-0.3, -0.25) is 0 Å². The van der Waals surface area contributed by atoms with Crippen LogP contribution in [0.5, 0.6) is 0 Å². The van der Waals surface area contributed by atoms with Gasteiger partial charge in [0, 0.05) is 18.1 Å². The van der Waals surface area contributed by atoms with Crippen LogP contribution in [-0.2, 0) is 4.74 Å². The Kier molecular flexibility index (Phi) is 4.60. The third-order valence-electron chi connectivity index (χ3n) is 4.09. The Bertz CT molecular complexity index is 476. The van der Waals surface area contributed by atoms with Crippen molar-refractivity contribution in [3.8, 4) is 0 Å². The van der Waals surface area contributed by atoms with Gasteiger partial charge >= 0.3 is 0 Å².